The Hall–Kier alpha value is -2.00. The third-order valence-corrected chi connectivity index (χ3v) is 12.6. The van der Waals surface area contributed by atoms with E-state index in [0.717, 1.165) is 5.56 Å². The van der Waals surface area contributed by atoms with E-state index in [0.29, 0.717) is 22.8 Å². The van der Waals surface area contributed by atoms with E-state index < -0.39 is 36.6 Å². The number of nitrogens with one attached hydrogen (secondary N) is 1. The Morgan fingerprint density at radius 2 is 1.70 bits per heavy atom. The minimum atomic E-state index is -2.12. The number of esters is 1. The van der Waals surface area contributed by atoms with Crippen molar-refractivity contribution in [2.24, 2.45) is 5.92 Å². The van der Waals surface area contributed by atoms with Crippen molar-refractivity contribution in [1.82, 2.24) is 5.32 Å². The summed E-state index contributed by atoms with van der Waals surface area (Å²) < 4.78 is 15.4. The SMILES string of the molecule is COc1ccc(C[C@@H](NC(=O)/C=C/C[C@H](O[Si](C)(C)C(C)(C)C)[C@H](C)/C=C/c2ccccc2)C(=O)OCC(Cl)(Cl)Cl)cc1Cl. The molecule has 0 aliphatic rings. The fourth-order valence-corrected chi connectivity index (χ4v) is 5.79. The van der Waals surface area contributed by atoms with Gasteiger partial charge in [-0.2, -0.15) is 0 Å². The molecule has 0 saturated heterocycles. The minimum Gasteiger partial charge on any atom is -0.495 e. The summed E-state index contributed by atoms with van der Waals surface area (Å²) in [6.45, 7) is 12.7. The maximum atomic E-state index is 13.0. The predicted molar refractivity (Wildman–Crippen MR) is 185 cm³/mol. The van der Waals surface area contributed by atoms with Gasteiger partial charge >= 0.3 is 5.97 Å². The Morgan fingerprint density at radius 3 is 2.27 bits per heavy atom. The highest BCUT2D eigenvalue weighted by molar-refractivity contribution is 6.74. The van der Waals surface area contributed by atoms with Crippen LogP contribution in [-0.4, -0.2) is 49.8 Å². The summed E-state index contributed by atoms with van der Waals surface area (Å²) in [5.41, 5.74) is 1.78. The average molecular weight is 704 g/mol. The molecule has 0 aromatic heterocycles. The first kappa shape index (κ1) is 38.2. The van der Waals surface area contributed by atoms with Crippen LogP contribution >= 0.6 is 46.4 Å². The topological polar surface area (TPSA) is 73.9 Å². The molecule has 2 aromatic carbocycles. The lowest BCUT2D eigenvalue weighted by Gasteiger charge is -2.40. The van der Waals surface area contributed by atoms with Gasteiger partial charge in [-0.3, -0.25) is 4.79 Å². The van der Waals surface area contributed by atoms with Gasteiger partial charge in [0, 0.05) is 6.42 Å². The lowest BCUT2D eigenvalue weighted by atomic mass is 10.00. The fraction of sp³-hybridized carbons (Fsp3) is 0.455. The van der Waals surface area contributed by atoms with Crippen LogP contribution in [0.1, 0.15) is 45.2 Å². The van der Waals surface area contributed by atoms with Gasteiger partial charge in [0.25, 0.3) is 0 Å². The van der Waals surface area contributed by atoms with Crippen molar-refractivity contribution in [3.05, 3.63) is 82.9 Å². The van der Waals surface area contributed by atoms with Gasteiger partial charge in [-0.1, -0.05) is 129 Å². The molecule has 0 radical (unpaired) electrons. The normalized spacial score (nSPS) is 14.8. The Bertz CT molecular complexity index is 1290. The van der Waals surface area contributed by atoms with E-state index in [9.17, 15) is 9.59 Å². The first-order chi connectivity index (χ1) is 20.4. The van der Waals surface area contributed by atoms with Crippen molar-refractivity contribution in [2.75, 3.05) is 13.7 Å². The summed E-state index contributed by atoms with van der Waals surface area (Å²) in [4.78, 5) is 26.0. The van der Waals surface area contributed by atoms with Crippen LogP contribution in [0.4, 0.5) is 0 Å². The molecule has 0 saturated carbocycles. The molecule has 3 atom stereocenters. The van der Waals surface area contributed by atoms with Crippen LogP contribution in [0, 0.1) is 5.92 Å². The highest BCUT2D eigenvalue weighted by Crippen LogP contribution is 2.38. The van der Waals surface area contributed by atoms with Gasteiger partial charge in [-0.05, 0) is 59.8 Å². The second kappa shape index (κ2) is 17.1. The quantitative estimate of drug-likeness (QED) is 0.0921. The average Bonchev–Trinajstić information content (AvgIpc) is 2.93. The van der Waals surface area contributed by atoms with E-state index in [1.807, 2.05) is 30.3 Å². The zero-order valence-corrected chi connectivity index (χ0v) is 30.4. The second-order valence-corrected chi connectivity index (χ2v) is 19.8. The molecule has 1 amide bonds. The maximum absolute atomic E-state index is 13.0. The summed E-state index contributed by atoms with van der Waals surface area (Å²) in [6, 6.07) is 14.1. The molecule has 6 nitrogen and oxygen atoms in total. The monoisotopic (exact) mass is 701 g/mol. The molecule has 2 rings (SSSR count). The molecule has 44 heavy (non-hydrogen) atoms. The summed E-state index contributed by atoms with van der Waals surface area (Å²) >= 11 is 23.6. The first-order valence-corrected chi connectivity index (χ1v) is 18.8. The van der Waals surface area contributed by atoms with Gasteiger partial charge in [-0.15, -0.1) is 0 Å². The molecular formula is C33H43Cl4NO5Si. The largest absolute Gasteiger partial charge is 0.495 e. The number of carbonyl (C=O) groups excluding carboxylic acids is 2. The molecule has 11 heteroatoms. The number of alkyl halides is 3. The molecule has 0 heterocycles. The third kappa shape index (κ3) is 13.2. The van der Waals surface area contributed by atoms with E-state index in [2.05, 4.69) is 58.3 Å². The highest BCUT2D eigenvalue weighted by atomic mass is 35.6. The molecule has 1 N–H and O–H groups in total. The number of carbonyl (C=O) groups is 2. The van der Waals surface area contributed by atoms with E-state index >= 15 is 0 Å². The van der Waals surface area contributed by atoms with Crippen LogP contribution in [0.2, 0.25) is 23.2 Å². The van der Waals surface area contributed by atoms with Gasteiger partial charge in [-0.25, -0.2) is 4.79 Å². The zero-order chi connectivity index (χ0) is 33.1. The number of methoxy groups -OCH3 is 1. The van der Waals surface area contributed by atoms with Gasteiger partial charge in [0.1, 0.15) is 18.4 Å². The summed E-state index contributed by atoms with van der Waals surface area (Å²) in [5.74, 6) is -0.663. The molecule has 0 aliphatic carbocycles. The Morgan fingerprint density at radius 1 is 1.05 bits per heavy atom. The van der Waals surface area contributed by atoms with Gasteiger partial charge < -0.3 is 19.2 Å². The fourth-order valence-electron chi connectivity index (χ4n) is 3.92. The van der Waals surface area contributed by atoms with Crippen LogP contribution in [0.3, 0.4) is 0 Å². The zero-order valence-electron chi connectivity index (χ0n) is 26.3. The molecule has 0 aliphatic heterocycles. The number of halogens is 4. The maximum Gasteiger partial charge on any atom is 0.329 e. The molecule has 2 aromatic rings. The summed E-state index contributed by atoms with van der Waals surface area (Å²) in [5, 5.41) is 3.10. The molecule has 0 fully saturated rings. The Kier molecular flexibility index (Phi) is 14.8. The first-order valence-electron chi connectivity index (χ1n) is 14.4. The standard InChI is InChI=1S/C33H43Cl4NO5Si/c1-23(16-17-24-12-9-8-10-13-24)28(43-44(6,7)32(2,3)4)14-11-15-30(39)38-27(31(40)42-22-33(35,36)37)21-25-18-19-29(41-5)26(34)20-25/h8-13,15-20,23,27-28H,14,21-22H2,1-7H3,(H,38,39)/b15-11+,17-16+/t23-,27-,28+/m1/s1. The van der Waals surface area contributed by atoms with Crippen LogP contribution in [0.25, 0.3) is 6.08 Å². The third-order valence-electron chi connectivity index (χ3n) is 7.50. The number of rotatable bonds is 14. The van der Waals surface area contributed by atoms with Crippen molar-refractivity contribution in [3.8, 4) is 5.75 Å². The molecular weight excluding hydrogens is 660 g/mol. The predicted octanol–water partition coefficient (Wildman–Crippen LogP) is 8.98. The van der Waals surface area contributed by atoms with Crippen molar-refractivity contribution >= 4 is 72.7 Å². The number of hydrogen-bond acceptors (Lipinski definition) is 5. The van der Waals surface area contributed by atoms with Crippen molar-refractivity contribution in [3.63, 3.8) is 0 Å². The van der Waals surface area contributed by atoms with Crippen molar-refractivity contribution < 1.29 is 23.5 Å². The lowest BCUT2D eigenvalue weighted by Crippen LogP contribution is -2.45. The number of amides is 1. The van der Waals surface area contributed by atoms with Gasteiger partial charge in [0.05, 0.1) is 18.2 Å². The van der Waals surface area contributed by atoms with E-state index in [1.54, 1.807) is 24.3 Å². The summed E-state index contributed by atoms with van der Waals surface area (Å²) in [7, 11) is -0.612. The van der Waals surface area contributed by atoms with E-state index in [1.165, 1.54) is 13.2 Å². The molecule has 242 valence electrons. The Labute approximate surface area is 283 Å². The Balaban J connectivity index is 2.21. The molecule has 0 spiro atoms. The minimum absolute atomic E-state index is 0.0137. The second-order valence-electron chi connectivity index (χ2n) is 12.1. The molecule has 0 bridgehead atoms. The summed E-state index contributed by atoms with van der Waals surface area (Å²) in [6.07, 6.45) is 7.84. The van der Waals surface area contributed by atoms with Crippen molar-refractivity contribution in [1.29, 1.82) is 0 Å². The van der Waals surface area contributed by atoms with Crippen molar-refractivity contribution in [2.45, 2.75) is 74.6 Å². The number of benzene rings is 2. The van der Waals surface area contributed by atoms with E-state index in [4.69, 9.17) is 60.3 Å². The number of ether oxygens (including phenoxy) is 2. The van der Waals surface area contributed by atoms with Gasteiger partial charge in [0.15, 0.2) is 8.32 Å². The smallest absolute Gasteiger partial charge is 0.329 e. The van der Waals surface area contributed by atoms with Crippen LogP contribution in [0.15, 0.2) is 66.8 Å². The van der Waals surface area contributed by atoms with E-state index in [-0.39, 0.29) is 23.5 Å². The lowest BCUT2D eigenvalue weighted by molar-refractivity contribution is -0.147. The van der Waals surface area contributed by atoms with Gasteiger partial charge in [0.2, 0.25) is 9.70 Å². The van der Waals surface area contributed by atoms with Crippen LogP contribution in [0.5, 0.6) is 5.75 Å². The van der Waals surface area contributed by atoms with Crippen LogP contribution in [-0.2, 0) is 25.2 Å². The molecule has 0 unspecified atom stereocenters. The van der Waals surface area contributed by atoms with Crippen LogP contribution < -0.4 is 10.1 Å². The highest BCUT2D eigenvalue weighted by Gasteiger charge is 2.39. The number of hydrogen-bond donors (Lipinski definition) is 1.